The molecule has 1 heterocycles. The van der Waals surface area contributed by atoms with Crippen molar-refractivity contribution in [3.63, 3.8) is 0 Å². The van der Waals surface area contributed by atoms with E-state index in [0.717, 1.165) is 23.9 Å². The monoisotopic (exact) mass is 406 g/mol. The van der Waals surface area contributed by atoms with E-state index in [4.69, 9.17) is 4.74 Å². The van der Waals surface area contributed by atoms with E-state index in [1.165, 1.54) is 24.0 Å². The van der Waals surface area contributed by atoms with Crippen LogP contribution in [0.3, 0.4) is 0 Å². The van der Waals surface area contributed by atoms with Gasteiger partial charge in [-0.3, -0.25) is 4.79 Å². The van der Waals surface area contributed by atoms with Crippen LogP contribution in [0.4, 0.5) is 0 Å². The maximum Gasteiger partial charge on any atom is 0.338 e. The predicted molar refractivity (Wildman–Crippen MR) is 113 cm³/mol. The van der Waals surface area contributed by atoms with Crippen LogP contribution in [0.5, 0.6) is 0 Å². The lowest BCUT2D eigenvalue weighted by atomic mass is 9.89. The number of carbonyl (C=O) groups excluding carboxylic acids is 2. The van der Waals surface area contributed by atoms with Crippen LogP contribution in [0.25, 0.3) is 11.0 Å². The molecule has 0 aliphatic heterocycles. The van der Waals surface area contributed by atoms with Crippen molar-refractivity contribution in [1.82, 2.24) is 20.3 Å². The zero-order chi connectivity index (χ0) is 21.1. The van der Waals surface area contributed by atoms with Gasteiger partial charge in [0.1, 0.15) is 5.52 Å². The lowest BCUT2D eigenvalue weighted by Crippen LogP contribution is -2.31. The third-order valence-corrected chi connectivity index (χ3v) is 5.63. The molecule has 1 N–H and O–H groups in total. The lowest BCUT2D eigenvalue weighted by molar-refractivity contribution is -0.124. The smallest absolute Gasteiger partial charge is 0.338 e. The molecule has 0 fully saturated rings. The summed E-state index contributed by atoms with van der Waals surface area (Å²) in [5.41, 5.74) is 5.68. The average Bonchev–Trinajstić information content (AvgIpc) is 3.19. The first-order valence-corrected chi connectivity index (χ1v) is 10.5. The molecule has 0 unspecified atom stereocenters. The standard InChI is InChI=1S/C23H26N4O3/c1-3-27-21-11-10-19(13-20(21)25-26-27)23(29)30-14-22(28)24-15(2)17-9-8-16-6-4-5-7-18(16)12-17/h8-13,15H,3-7,14H2,1-2H3,(H,24,28)/t15-/m0/s1. The first-order chi connectivity index (χ1) is 14.5. The summed E-state index contributed by atoms with van der Waals surface area (Å²) in [5.74, 6) is -0.883. The van der Waals surface area contributed by atoms with Crippen LogP contribution < -0.4 is 5.32 Å². The van der Waals surface area contributed by atoms with E-state index in [2.05, 4.69) is 33.8 Å². The van der Waals surface area contributed by atoms with Gasteiger partial charge in [0.25, 0.3) is 5.91 Å². The van der Waals surface area contributed by atoms with Gasteiger partial charge >= 0.3 is 5.97 Å². The van der Waals surface area contributed by atoms with Gasteiger partial charge in [0.05, 0.1) is 17.1 Å². The van der Waals surface area contributed by atoms with Gasteiger partial charge in [-0.2, -0.15) is 0 Å². The van der Waals surface area contributed by atoms with E-state index in [1.807, 2.05) is 13.8 Å². The Kier molecular flexibility index (Phi) is 5.79. The number of nitrogens with one attached hydrogen (secondary N) is 1. The van der Waals surface area contributed by atoms with Crippen molar-refractivity contribution in [2.45, 2.75) is 52.1 Å². The molecule has 1 aromatic heterocycles. The van der Waals surface area contributed by atoms with Crippen LogP contribution >= 0.6 is 0 Å². The summed E-state index contributed by atoms with van der Waals surface area (Å²) in [7, 11) is 0. The Morgan fingerprint density at radius 3 is 2.73 bits per heavy atom. The Morgan fingerprint density at radius 1 is 1.13 bits per heavy atom. The molecular weight excluding hydrogens is 380 g/mol. The minimum Gasteiger partial charge on any atom is -0.452 e. The molecular formula is C23H26N4O3. The molecule has 1 aliphatic carbocycles. The van der Waals surface area contributed by atoms with Crippen molar-refractivity contribution in [3.8, 4) is 0 Å². The number of aryl methyl sites for hydroxylation is 3. The number of esters is 1. The Hall–Kier alpha value is -3.22. The normalized spacial score (nSPS) is 14.2. The molecule has 0 bridgehead atoms. The molecule has 7 heteroatoms. The average molecular weight is 406 g/mol. The topological polar surface area (TPSA) is 86.1 Å². The van der Waals surface area contributed by atoms with E-state index < -0.39 is 5.97 Å². The zero-order valence-electron chi connectivity index (χ0n) is 17.4. The third kappa shape index (κ3) is 4.20. The number of carbonyl (C=O) groups is 2. The van der Waals surface area contributed by atoms with E-state index in [0.29, 0.717) is 17.6 Å². The van der Waals surface area contributed by atoms with Gasteiger partial charge in [-0.1, -0.05) is 23.4 Å². The molecule has 0 spiro atoms. The van der Waals surface area contributed by atoms with Gasteiger partial charge in [0, 0.05) is 6.54 Å². The minimum absolute atomic E-state index is 0.149. The quantitative estimate of drug-likeness (QED) is 0.635. The Bertz CT molecular complexity index is 1090. The van der Waals surface area contributed by atoms with Crippen molar-refractivity contribution in [2.24, 2.45) is 0 Å². The predicted octanol–water partition coefficient (Wildman–Crippen LogP) is 3.36. The number of hydrogen-bond acceptors (Lipinski definition) is 5. The highest BCUT2D eigenvalue weighted by Gasteiger charge is 2.16. The number of hydrogen-bond donors (Lipinski definition) is 1. The second-order valence-corrected chi connectivity index (χ2v) is 7.71. The molecule has 1 atom stereocenters. The van der Waals surface area contributed by atoms with Crippen LogP contribution in [-0.4, -0.2) is 33.5 Å². The first kappa shape index (κ1) is 20.1. The number of benzene rings is 2. The van der Waals surface area contributed by atoms with Gasteiger partial charge < -0.3 is 10.1 Å². The second kappa shape index (κ2) is 8.65. The zero-order valence-corrected chi connectivity index (χ0v) is 17.4. The molecule has 2 aromatic carbocycles. The van der Waals surface area contributed by atoms with Gasteiger partial charge in [-0.25, -0.2) is 9.48 Å². The van der Waals surface area contributed by atoms with Crippen LogP contribution in [0.1, 0.15) is 59.8 Å². The highest BCUT2D eigenvalue weighted by Crippen LogP contribution is 2.24. The second-order valence-electron chi connectivity index (χ2n) is 7.71. The maximum absolute atomic E-state index is 12.3. The summed E-state index contributed by atoms with van der Waals surface area (Å²) >= 11 is 0. The van der Waals surface area contributed by atoms with Crippen molar-refractivity contribution in [2.75, 3.05) is 6.61 Å². The summed E-state index contributed by atoms with van der Waals surface area (Å²) in [6.07, 6.45) is 4.69. The van der Waals surface area contributed by atoms with E-state index in [1.54, 1.807) is 22.9 Å². The van der Waals surface area contributed by atoms with Gasteiger partial charge in [0.15, 0.2) is 6.61 Å². The Labute approximate surface area is 175 Å². The third-order valence-electron chi connectivity index (χ3n) is 5.63. The van der Waals surface area contributed by atoms with Gasteiger partial charge in [0.2, 0.25) is 0 Å². The number of amides is 1. The SMILES string of the molecule is CCn1nnc2cc(C(=O)OCC(=O)N[C@@H](C)c3ccc4c(c3)CCCC4)ccc21. The van der Waals surface area contributed by atoms with Crippen LogP contribution in [0, 0.1) is 0 Å². The molecule has 0 radical (unpaired) electrons. The first-order valence-electron chi connectivity index (χ1n) is 10.5. The van der Waals surface area contributed by atoms with Crippen molar-refractivity contribution in [1.29, 1.82) is 0 Å². The molecule has 1 amide bonds. The fourth-order valence-electron chi connectivity index (χ4n) is 3.94. The molecule has 0 saturated carbocycles. The summed E-state index contributed by atoms with van der Waals surface area (Å²) in [6.45, 7) is 4.28. The molecule has 4 rings (SSSR count). The fraction of sp³-hybridized carbons (Fsp3) is 0.391. The van der Waals surface area contributed by atoms with Crippen molar-refractivity contribution < 1.29 is 14.3 Å². The van der Waals surface area contributed by atoms with Gasteiger partial charge in [-0.15, -0.1) is 5.10 Å². The molecule has 156 valence electrons. The molecule has 0 saturated heterocycles. The molecule has 7 nitrogen and oxygen atoms in total. The summed E-state index contributed by atoms with van der Waals surface area (Å²) < 4.78 is 6.94. The summed E-state index contributed by atoms with van der Waals surface area (Å²) in [5, 5.41) is 11.0. The molecule has 3 aromatic rings. The molecule has 1 aliphatic rings. The van der Waals surface area contributed by atoms with E-state index >= 15 is 0 Å². The number of fused-ring (bicyclic) bond motifs is 2. The maximum atomic E-state index is 12.3. The van der Waals surface area contributed by atoms with Crippen LogP contribution in [0.2, 0.25) is 0 Å². The van der Waals surface area contributed by atoms with E-state index in [-0.39, 0.29) is 18.6 Å². The molecule has 30 heavy (non-hydrogen) atoms. The highest BCUT2D eigenvalue weighted by molar-refractivity contribution is 5.94. The number of ether oxygens (including phenoxy) is 1. The van der Waals surface area contributed by atoms with E-state index in [9.17, 15) is 9.59 Å². The van der Waals surface area contributed by atoms with Crippen LogP contribution in [-0.2, 0) is 28.9 Å². The fourth-order valence-corrected chi connectivity index (χ4v) is 3.94. The number of nitrogens with zero attached hydrogens (tertiary/aromatic N) is 3. The summed E-state index contributed by atoms with van der Waals surface area (Å²) in [4.78, 5) is 24.6. The lowest BCUT2D eigenvalue weighted by Gasteiger charge is -2.20. The Morgan fingerprint density at radius 2 is 1.93 bits per heavy atom. The Balaban J connectivity index is 1.33. The van der Waals surface area contributed by atoms with Crippen molar-refractivity contribution >= 4 is 22.9 Å². The van der Waals surface area contributed by atoms with Crippen LogP contribution in [0.15, 0.2) is 36.4 Å². The minimum atomic E-state index is -0.556. The summed E-state index contributed by atoms with van der Waals surface area (Å²) in [6, 6.07) is 11.3. The number of rotatable bonds is 6. The van der Waals surface area contributed by atoms with Gasteiger partial charge in [-0.05, 0) is 74.4 Å². The van der Waals surface area contributed by atoms with Crippen molar-refractivity contribution in [3.05, 3.63) is 58.7 Å². The number of aromatic nitrogens is 3. The largest absolute Gasteiger partial charge is 0.452 e. The highest BCUT2D eigenvalue weighted by atomic mass is 16.5.